The second-order valence-electron chi connectivity index (χ2n) is 2.82. The van der Waals surface area contributed by atoms with Gasteiger partial charge in [0.15, 0.2) is 11.5 Å². The predicted molar refractivity (Wildman–Crippen MR) is 49.6 cm³/mol. The molecular formula is C10H11NO2. The zero-order valence-corrected chi connectivity index (χ0v) is 7.19. The van der Waals surface area contributed by atoms with Crippen molar-refractivity contribution in [2.45, 2.75) is 6.42 Å². The molecule has 1 aliphatic heterocycles. The van der Waals surface area contributed by atoms with Crippen LogP contribution in [0.3, 0.4) is 0 Å². The van der Waals surface area contributed by atoms with Crippen molar-refractivity contribution in [3.05, 3.63) is 36.0 Å². The molecule has 3 nitrogen and oxygen atoms in total. The summed E-state index contributed by atoms with van der Waals surface area (Å²) in [5.74, 6) is 1.64. The van der Waals surface area contributed by atoms with Gasteiger partial charge in [0.05, 0.1) is 0 Å². The first-order valence-electron chi connectivity index (χ1n) is 4.15. The van der Waals surface area contributed by atoms with Gasteiger partial charge in [-0.25, -0.2) is 0 Å². The van der Waals surface area contributed by atoms with Crippen LogP contribution >= 0.6 is 0 Å². The third-order valence-electron chi connectivity index (χ3n) is 1.93. The van der Waals surface area contributed by atoms with Crippen LogP contribution in [-0.2, 0) is 6.42 Å². The summed E-state index contributed by atoms with van der Waals surface area (Å²) in [7, 11) is 0. The first kappa shape index (κ1) is 7.98. The molecule has 1 heterocycles. The molecule has 0 spiro atoms. The third-order valence-corrected chi connectivity index (χ3v) is 1.93. The summed E-state index contributed by atoms with van der Waals surface area (Å²) in [5, 5.41) is 0. The monoisotopic (exact) mass is 177 g/mol. The largest absolute Gasteiger partial charge is 0.454 e. The van der Waals surface area contributed by atoms with E-state index in [2.05, 4.69) is 0 Å². The Kier molecular flexibility index (Phi) is 2.08. The number of allylic oxidation sites excluding steroid dienone is 1. The molecule has 0 fully saturated rings. The maximum absolute atomic E-state index is 5.25. The van der Waals surface area contributed by atoms with E-state index in [0.29, 0.717) is 6.79 Å². The van der Waals surface area contributed by atoms with Crippen LogP contribution in [0.5, 0.6) is 11.5 Å². The molecule has 0 unspecified atom stereocenters. The lowest BCUT2D eigenvalue weighted by molar-refractivity contribution is 0.174. The molecule has 0 aliphatic carbocycles. The summed E-state index contributed by atoms with van der Waals surface area (Å²) < 4.78 is 10.4. The van der Waals surface area contributed by atoms with E-state index in [1.807, 2.05) is 24.3 Å². The summed E-state index contributed by atoms with van der Waals surface area (Å²) >= 11 is 0. The van der Waals surface area contributed by atoms with Crippen LogP contribution in [0.2, 0.25) is 0 Å². The van der Waals surface area contributed by atoms with E-state index in [1.165, 1.54) is 5.56 Å². The second-order valence-corrected chi connectivity index (χ2v) is 2.82. The van der Waals surface area contributed by atoms with Crippen LogP contribution in [0, 0.1) is 0 Å². The Labute approximate surface area is 76.8 Å². The number of rotatable bonds is 2. The van der Waals surface area contributed by atoms with E-state index in [-0.39, 0.29) is 0 Å². The van der Waals surface area contributed by atoms with Gasteiger partial charge >= 0.3 is 0 Å². The van der Waals surface area contributed by atoms with E-state index in [0.717, 1.165) is 17.9 Å². The van der Waals surface area contributed by atoms with Crippen molar-refractivity contribution in [1.29, 1.82) is 0 Å². The van der Waals surface area contributed by atoms with Gasteiger partial charge in [-0.1, -0.05) is 12.1 Å². The molecule has 0 saturated carbocycles. The molecule has 0 aromatic heterocycles. The number of benzene rings is 1. The van der Waals surface area contributed by atoms with Crippen molar-refractivity contribution in [3.63, 3.8) is 0 Å². The number of hydrogen-bond donors (Lipinski definition) is 1. The Morgan fingerprint density at radius 1 is 1.31 bits per heavy atom. The number of nitrogens with two attached hydrogens (primary N) is 1. The molecule has 68 valence electrons. The number of fused-ring (bicyclic) bond motifs is 1. The Hall–Kier alpha value is -1.64. The molecule has 0 radical (unpaired) electrons. The van der Waals surface area contributed by atoms with E-state index in [9.17, 15) is 0 Å². The van der Waals surface area contributed by atoms with Crippen molar-refractivity contribution >= 4 is 0 Å². The minimum atomic E-state index is 0.325. The molecule has 0 saturated heterocycles. The molecule has 3 heteroatoms. The van der Waals surface area contributed by atoms with Crippen molar-refractivity contribution in [2.75, 3.05) is 6.79 Å². The molecule has 1 aliphatic rings. The fourth-order valence-corrected chi connectivity index (χ4v) is 1.27. The Bertz CT molecular complexity index is 334. The van der Waals surface area contributed by atoms with E-state index in [1.54, 1.807) is 6.20 Å². The van der Waals surface area contributed by atoms with Crippen LogP contribution < -0.4 is 15.2 Å². The van der Waals surface area contributed by atoms with Crippen molar-refractivity contribution in [3.8, 4) is 11.5 Å². The van der Waals surface area contributed by atoms with E-state index < -0.39 is 0 Å². The third kappa shape index (κ3) is 1.59. The number of ether oxygens (including phenoxy) is 2. The van der Waals surface area contributed by atoms with E-state index in [4.69, 9.17) is 15.2 Å². The fourth-order valence-electron chi connectivity index (χ4n) is 1.27. The van der Waals surface area contributed by atoms with Gasteiger partial charge in [0.25, 0.3) is 0 Å². The van der Waals surface area contributed by atoms with Gasteiger partial charge in [0, 0.05) is 0 Å². The second kappa shape index (κ2) is 3.39. The minimum absolute atomic E-state index is 0.325. The standard InChI is InChI=1S/C10H11NO2/c11-5-1-2-8-3-4-9-10(6-8)13-7-12-9/h1,3-6H,2,7,11H2/b5-1+. The highest BCUT2D eigenvalue weighted by Crippen LogP contribution is 2.32. The predicted octanol–water partition coefficient (Wildman–Crippen LogP) is 1.43. The van der Waals surface area contributed by atoms with Crippen molar-refractivity contribution < 1.29 is 9.47 Å². The first-order chi connectivity index (χ1) is 6.40. The normalized spacial score (nSPS) is 13.8. The van der Waals surface area contributed by atoms with Gasteiger partial charge in [-0.05, 0) is 30.3 Å². The molecule has 13 heavy (non-hydrogen) atoms. The Balaban J connectivity index is 2.20. The maximum Gasteiger partial charge on any atom is 0.231 e. The molecule has 1 aromatic rings. The molecule has 0 amide bonds. The summed E-state index contributed by atoms with van der Waals surface area (Å²) in [4.78, 5) is 0. The van der Waals surface area contributed by atoms with E-state index >= 15 is 0 Å². The Morgan fingerprint density at radius 3 is 3.00 bits per heavy atom. The van der Waals surface area contributed by atoms with Gasteiger partial charge in [0.2, 0.25) is 6.79 Å². The van der Waals surface area contributed by atoms with Crippen LogP contribution in [0.25, 0.3) is 0 Å². The average molecular weight is 177 g/mol. The van der Waals surface area contributed by atoms with Gasteiger partial charge in [-0.15, -0.1) is 0 Å². The topological polar surface area (TPSA) is 44.5 Å². The molecular weight excluding hydrogens is 166 g/mol. The summed E-state index contributed by atoms with van der Waals surface area (Å²) in [6.07, 6.45) is 4.27. The number of hydrogen-bond acceptors (Lipinski definition) is 3. The van der Waals surface area contributed by atoms with Gasteiger partial charge in [-0.3, -0.25) is 0 Å². The first-order valence-corrected chi connectivity index (χ1v) is 4.15. The highest BCUT2D eigenvalue weighted by molar-refractivity contribution is 5.44. The molecule has 2 N–H and O–H groups in total. The molecule has 0 atom stereocenters. The van der Waals surface area contributed by atoms with Crippen LogP contribution in [0.4, 0.5) is 0 Å². The Morgan fingerprint density at radius 2 is 2.15 bits per heavy atom. The lowest BCUT2D eigenvalue weighted by Gasteiger charge is -1.98. The van der Waals surface area contributed by atoms with Gasteiger partial charge in [-0.2, -0.15) is 0 Å². The summed E-state index contributed by atoms with van der Waals surface area (Å²) in [5.41, 5.74) is 6.42. The average Bonchev–Trinajstić information content (AvgIpc) is 2.61. The van der Waals surface area contributed by atoms with Crippen LogP contribution in [-0.4, -0.2) is 6.79 Å². The lowest BCUT2D eigenvalue weighted by atomic mass is 10.1. The zero-order valence-electron chi connectivity index (χ0n) is 7.19. The minimum Gasteiger partial charge on any atom is -0.454 e. The molecule has 1 aromatic carbocycles. The molecule has 0 bridgehead atoms. The molecule has 2 rings (SSSR count). The summed E-state index contributed by atoms with van der Waals surface area (Å²) in [6.45, 7) is 0.325. The zero-order chi connectivity index (χ0) is 9.10. The highest BCUT2D eigenvalue weighted by atomic mass is 16.7. The fraction of sp³-hybridized carbons (Fsp3) is 0.200. The maximum atomic E-state index is 5.25. The van der Waals surface area contributed by atoms with Crippen molar-refractivity contribution in [2.24, 2.45) is 5.73 Å². The lowest BCUT2D eigenvalue weighted by Crippen LogP contribution is -1.92. The quantitative estimate of drug-likeness (QED) is 0.743. The smallest absolute Gasteiger partial charge is 0.231 e. The van der Waals surface area contributed by atoms with Gasteiger partial charge in [0.1, 0.15) is 0 Å². The summed E-state index contributed by atoms with van der Waals surface area (Å²) in [6, 6.07) is 5.90. The van der Waals surface area contributed by atoms with Gasteiger partial charge < -0.3 is 15.2 Å². The van der Waals surface area contributed by atoms with Crippen molar-refractivity contribution in [1.82, 2.24) is 0 Å². The highest BCUT2D eigenvalue weighted by Gasteiger charge is 2.12. The van der Waals surface area contributed by atoms with Crippen LogP contribution in [0.1, 0.15) is 5.56 Å². The SMILES string of the molecule is N/C=C/Cc1ccc2c(c1)OCO2. The van der Waals surface area contributed by atoms with Crippen LogP contribution in [0.15, 0.2) is 30.5 Å².